The van der Waals surface area contributed by atoms with Crippen molar-refractivity contribution in [2.24, 2.45) is 5.14 Å². The van der Waals surface area contributed by atoms with Gasteiger partial charge in [-0.1, -0.05) is 30.3 Å². The van der Waals surface area contributed by atoms with Crippen molar-refractivity contribution in [2.75, 3.05) is 0 Å². The van der Waals surface area contributed by atoms with Crippen LogP contribution in [0.3, 0.4) is 0 Å². The first-order valence-corrected chi connectivity index (χ1v) is 8.20. The Kier molecular flexibility index (Phi) is 4.01. The fourth-order valence-electron chi connectivity index (χ4n) is 1.62. The Hall–Kier alpha value is -1.66. The van der Waals surface area contributed by atoms with Gasteiger partial charge >= 0.3 is 0 Å². The Morgan fingerprint density at radius 2 is 1.95 bits per heavy atom. The third kappa shape index (κ3) is 3.21. The minimum atomic E-state index is -3.84. The van der Waals surface area contributed by atoms with Crippen molar-refractivity contribution in [3.05, 3.63) is 57.3 Å². The SMILES string of the molecule is NS(=O)(=O)C1=C(NCc2ccccc2)S(=C=O)C=C1. The molecule has 0 amide bonds. The van der Waals surface area contributed by atoms with E-state index < -0.39 is 20.5 Å². The highest BCUT2D eigenvalue weighted by Crippen LogP contribution is 2.34. The predicted octanol–water partition coefficient (Wildman–Crippen LogP) is 1.10. The lowest BCUT2D eigenvalue weighted by Gasteiger charge is -2.10. The smallest absolute Gasteiger partial charge is 0.240 e. The van der Waals surface area contributed by atoms with Crippen LogP contribution < -0.4 is 10.5 Å². The number of benzene rings is 1. The molecule has 1 heterocycles. The van der Waals surface area contributed by atoms with Gasteiger partial charge in [0, 0.05) is 6.54 Å². The number of allylic oxidation sites excluding steroid dienone is 1. The molecule has 100 valence electrons. The summed E-state index contributed by atoms with van der Waals surface area (Å²) in [7, 11) is -4.84. The summed E-state index contributed by atoms with van der Waals surface area (Å²) < 4.78 is 22.8. The summed E-state index contributed by atoms with van der Waals surface area (Å²) >= 11 is 0. The highest BCUT2D eigenvalue weighted by molar-refractivity contribution is 8.21. The van der Waals surface area contributed by atoms with Crippen LogP contribution in [0, 0.1) is 0 Å². The maximum atomic E-state index is 11.4. The molecule has 1 unspecified atom stereocenters. The lowest BCUT2D eigenvalue weighted by Crippen LogP contribution is -2.19. The van der Waals surface area contributed by atoms with Crippen LogP contribution in [0.4, 0.5) is 0 Å². The van der Waals surface area contributed by atoms with E-state index in [9.17, 15) is 13.2 Å². The second-order valence-electron chi connectivity index (χ2n) is 3.80. The zero-order valence-electron chi connectivity index (χ0n) is 9.87. The van der Waals surface area contributed by atoms with Crippen molar-refractivity contribution in [1.29, 1.82) is 0 Å². The fraction of sp³-hybridized carbons (Fsp3) is 0.0833. The van der Waals surface area contributed by atoms with E-state index in [1.54, 1.807) is 5.23 Å². The lowest BCUT2D eigenvalue weighted by molar-refractivity contribution is 0.572. The highest BCUT2D eigenvalue weighted by Gasteiger charge is 2.22. The van der Waals surface area contributed by atoms with Crippen LogP contribution in [0.25, 0.3) is 0 Å². The number of rotatable bonds is 4. The number of nitrogens with two attached hydrogens (primary N) is 1. The van der Waals surface area contributed by atoms with Crippen LogP contribution in [0.5, 0.6) is 0 Å². The topological polar surface area (TPSA) is 89.3 Å². The van der Waals surface area contributed by atoms with Gasteiger partial charge in [-0.05, 0) is 27.5 Å². The average molecular weight is 296 g/mol. The molecule has 0 aliphatic carbocycles. The molecular weight excluding hydrogens is 284 g/mol. The first-order valence-electron chi connectivity index (χ1n) is 5.36. The number of nitrogens with one attached hydrogen (secondary N) is 1. The van der Waals surface area contributed by atoms with Crippen molar-refractivity contribution in [3.63, 3.8) is 0 Å². The van der Waals surface area contributed by atoms with Gasteiger partial charge in [0.2, 0.25) is 10.0 Å². The Labute approximate surface area is 113 Å². The fourth-order valence-corrected chi connectivity index (χ4v) is 3.97. The van der Waals surface area contributed by atoms with E-state index in [1.165, 1.54) is 11.5 Å². The Bertz CT molecular complexity index is 700. The van der Waals surface area contributed by atoms with Gasteiger partial charge in [0.25, 0.3) is 0 Å². The number of primary sulfonamides is 1. The summed E-state index contributed by atoms with van der Waals surface area (Å²) in [6.07, 6.45) is 1.34. The number of hydrogen-bond donors (Lipinski definition) is 2. The summed E-state index contributed by atoms with van der Waals surface area (Å²) in [5, 5.41) is 11.7. The molecular formula is C12H12N2O3S2. The zero-order chi connectivity index (χ0) is 13.9. The first-order chi connectivity index (χ1) is 9.02. The van der Waals surface area contributed by atoms with Gasteiger partial charge in [0.1, 0.15) is 4.91 Å². The summed E-state index contributed by atoms with van der Waals surface area (Å²) in [5.74, 6) is 0. The molecule has 2 rings (SSSR count). The minimum absolute atomic E-state index is 0.0462. The average Bonchev–Trinajstić information content (AvgIpc) is 2.80. The molecule has 0 saturated carbocycles. The van der Waals surface area contributed by atoms with Crippen molar-refractivity contribution in [1.82, 2.24) is 5.32 Å². The standard InChI is InChI=1S/C12H12N2O3S2/c13-19(16,17)11-6-7-18(9-15)12(11)14-8-10-4-2-1-3-5-10/h1-7,14H,8H2,(H2,13,16,17). The molecule has 0 bridgehead atoms. The summed E-state index contributed by atoms with van der Waals surface area (Å²) in [5.41, 5.74) is 0.977. The van der Waals surface area contributed by atoms with Gasteiger partial charge in [0.05, 0.1) is 5.03 Å². The molecule has 0 radical (unpaired) electrons. The quantitative estimate of drug-likeness (QED) is 0.814. The molecule has 0 spiro atoms. The molecule has 1 atom stereocenters. The molecule has 1 aromatic carbocycles. The predicted molar refractivity (Wildman–Crippen MR) is 75.8 cm³/mol. The molecule has 1 aromatic rings. The van der Waals surface area contributed by atoms with Gasteiger partial charge < -0.3 is 5.32 Å². The van der Waals surface area contributed by atoms with E-state index in [2.05, 4.69) is 5.32 Å². The second kappa shape index (κ2) is 5.54. The van der Waals surface area contributed by atoms with E-state index in [4.69, 9.17) is 5.14 Å². The number of sulfonamides is 1. The van der Waals surface area contributed by atoms with Gasteiger partial charge in [-0.15, -0.1) is 0 Å². The molecule has 0 fully saturated rings. The zero-order valence-corrected chi connectivity index (χ0v) is 11.5. The van der Waals surface area contributed by atoms with Crippen molar-refractivity contribution in [2.45, 2.75) is 6.54 Å². The first kappa shape index (κ1) is 13.8. The Balaban J connectivity index is 2.28. The van der Waals surface area contributed by atoms with E-state index >= 15 is 0 Å². The van der Waals surface area contributed by atoms with Gasteiger partial charge in [0.15, 0.2) is 5.23 Å². The van der Waals surface area contributed by atoms with Crippen LogP contribution in [-0.2, 0) is 21.4 Å². The van der Waals surface area contributed by atoms with E-state index in [1.807, 2.05) is 30.3 Å². The van der Waals surface area contributed by atoms with Crippen LogP contribution in [0.2, 0.25) is 0 Å². The van der Waals surface area contributed by atoms with Crippen molar-refractivity contribution >= 4 is 25.7 Å². The minimum Gasteiger partial charge on any atom is -0.374 e. The van der Waals surface area contributed by atoms with Gasteiger partial charge in [-0.3, -0.25) is 0 Å². The molecule has 19 heavy (non-hydrogen) atoms. The van der Waals surface area contributed by atoms with Crippen molar-refractivity contribution < 1.29 is 13.2 Å². The second-order valence-corrected chi connectivity index (χ2v) is 6.85. The summed E-state index contributed by atoms with van der Waals surface area (Å²) in [6, 6.07) is 9.44. The number of hydrogen-bond acceptors (Lipinski definition) is 4. The summed E-state index contributed by atoms with van der Waals surface area (Å²) in [6.45, 7) is 0.419. The molecule has 1 aliphatic heterocycles. The van der Waals surface area contributed by atoms with Gasteiger partial charge in [-0.2, -0.15) is 0 Å². The number of carbonyl (C=O) groups excluding carboxylic acids is 1. The van der Waals surface area contributed by atoms with Crippen molar-refractivity contribution in [3.8, 4) is 0 Å². The van der Waals surface area contributed by atoms with Crippen LogP contribution >= 0.6 is 10.5 Å². The molecule has 5 nitrogen and oxygen atoms in total. The van der Waals surface area contributed by atoms with E-state index in [0.29, 0.717) is 11.6 Å². The molecule has 0 aromatic heterocycles. The normalized spacial score (nSPS) is 18.5. The maximum Gasteiger partial charge on any atom is 0.240 e. The largest absolute Gasteiger partial charge is 0.374 e. The maximum absolute atomic E-state index is 11.4. The monoisotopic (exact) mass is 296 g/mol. The third-order valence-electron chi connectivity index (χ3n) is 2.49. The third-order valence-corrected chi connectivity index (χ3v) is 4.97. The van der Waals surface area contributed by atoms with Crippen LogP contribution in [-0.4, -0.2) is 13.7 Å². The van der Waals surface area contributed by atoms with Gasteiger partial charge in [-0.25, -0.2) is 18.4 Å². The molecule has 0 saturated heterocycles. The Morgan fingerprint density at radius 3 is 2.53 bits per heavy atom. The summed E-state index contributed by atoms with van der Waals surface area (Å²) in [4.78, 5) is 10.8. The molecule has 3 N–H and O–H groups in total. The van der Waals surface area contributed by atoms with Crippen LogP contribution in [0.1, 0.15) is 5.56 Å². The molecule has 1 aliphatic rings. The van der Waals surface area contributed by atoms with Crippen LogP contribution in [0.15, 0.2) is 51.8 Å². The lowest BCUT2D eigenvalue weighted by atomic mass is 10.2. The highest BCUT2D eigenvalue weighted by atomic mass is 32.2. The molecule has 7 heteroatoms. The van der Waals surface area contributed by atoms with E-state index in [-0.39, 0.29) is 4.91 Å². The van der Waals surface area contributed by atoms with E-state index in [0.717, 1.165) is 5.56 Å². The Morgan fingerprint density at radius 1 is 1.26 bits per heavy atom.